The Balaban J connectivity index is 2.02. The van der Waals surface area contributed by atoms with Gasteiger partial charge in [-0.05, 0) is 48.0 Å². The van der Waals surface area contributed by atoms with Crippen LogP contribution in [0.3, 0.4) is 0 Å². The topological polar surface area (TPSA) is 88.4 Å². The number of nitriles is 1. The van der Waals surface area contributed by atoms with Gasteiger partial charge < -0.3 is 14.8 Å². The number of ether oxygens (including phenoxy) is 2. The standard InChI is InChI=1S/C20H17ClN2O4/c1-26-10-11-27-20(25)15-4-8-18(9-5-15)23-19(24)16(13-22)12-14-2-6-17(21)7-3-14/h2-9,12H,10-11H2,1H3,(H,23,24)/b16-12+. The Bertz CT molecular complexity index is 868. The van der Waals surface area contributed by atoms with Crippen LogP contribution < -0.4 is 5.32 Å². The number of rotatable bonds is 7. The van der Waals surface area contributed by atoms with Crippen LogP contribution in [0.5, 0.6) is 0 Å². The van der Waals surface area contributed by atoms with Crippen LogP contribution in [0.15, 0.2) is 54.1 Å². The van der Waals surface area contributed by atoms with Crippen LogP contribution in [0, 0.1) is 11.3 Å². The van der Waals surface area contributed by atoms with E-state index in [1.165, 1.54) is 25.3 Å². The van der Waals surface area contributed by atoms with Crippen LogP contribution in [0.4, 0.5) is 5.69 Å². The molecule has 2 rings (SSSR count). The number of anilines is 1. The van der Waals surface area contributed by atoms with Crippen molar-refractivity contribution in [2.45, 2.75) is 0 Å². The molecule has 0 atom stereocenters. The summed E-state index contributed by atoms with van der Waals surface area (Å²) < 4.78 is 9.82. The van der Waals surface area contributed by atoms with Gasteiger partial charge in [-0.1, -0.05) is 23.7 Å². The average Bonchev–Trinajstić information content (AvgIpc) is 2.68. The molecule has 1 amide bonds. The van der Waals surface area contributed by atoms with Crippen molar-refractivity contribution in [2.75, 3.05) is 25.6 Å². The Morgan fingerprint density at radius 1 is 1.11 bits per heavy atom. The summed E-state index contributed by atoms with van der Waals surface area (Å²) in [5.41, 5.74) is 1.42. The fraction of sp³-hybridized carbons (Fsp3) is 0.150. The molecule has 0 aliphatic heterocycles. The first-order valence-electron chi connectivity index (χ1n) is 7.98. The maximum Gasteiger partial charge on any atom is 0.338 e. The summed E-state index contributed by atoms with van der Waals surface area (Å²) >= 11 is 5.82. The van der Waals surface area contributed by atoms with Gasteiger partial charge in [0, 0.05) is 17.8 Å². The second kappa shape index (κ2) is 10.1. The summed E-state index contributed by atoms with van der Waals surface area (Å²) in [6.45, 7) is 0.478. The number of benzene rings is 2. The molecular formula is C20H17ClN2O4. The van der Waals surface area contributed by atoms with Crippen molar-refractivity contribution in [3.05, 3.63) is 70.3 Å². The van der Waals surface area contributed by atoms with Gasteiger partial charge in [0.05, 0.1) is 12.2 Å². The van der Waals surface area contributed by atoms with E-state index in [-0.39, 0.29) is 12.2 Å². The van der Waals surface area contributed by atoms with Crippen LogP contribution in [0.2, 0.25) is 5.02 Å². The summed E-state index contributed by atoms with van der Waals surface area (Å²) in [7, 11) is 1.52. The number of hydrogen-bond donors (Lipinski definition) is 1. The van der Waals surface area contributed by atoms with Crippen LogP contribution in [-0.4, -0.2) is 32.2 Å². The third-order valence-electron chi connectivity index (χ3n) is 3.45. The van der Waals surface area contributed by atoms with Crippen molar-refractivity contribution in [3.63, 3.8) is 0 Å². The number of esters is 1. The normalized spacial score (nSPS) is 10.8. The number of hydrogen-bond acceptors (Lipinski definition) is 5. The lowest BCUT2D eigenvalue weighted by atomic mass is 10.1. The number of nitrogens with zero attached hydrogens (tertiary/aromatic N) is 1. The highest BCUT2D eigenvalue weighted by molar-refractivity contribution is 6.30. The highest BCUT2D eigenvalue weighted by atomic mass is 35.5. The van der Waals surface area contributed by atoms with Crippen molar-refractivity contribution < 1.29 is 19.1 Å². The van der Waals surface area contributed by atoms with Crippen molar-refractivity contribution in [1.82, 2.24) is 0 Å². The van der Waals surface area contributed by atoms with Gasteiger partial charge in [0.15, 0.2) is 0 Å². The molecular weight excluding hydrogens is 368 g/mol. The molecule has 1 N–H and O–H groups in total. The van der Waals surface area contributed by atoms with Gasteiger partial charge in [-0.2, -0.15) is 5.26 Å². The molecule has 0 unspecified atom stereocenters. The van der Waals surface area contributed by atoms with Crippen molar-refractivity contribution in [2.24, 2.45) is 0 Å². The van der Waals surface area contributed by atoms with E-state index < -0.39 is 11.9 Å². The molecule has 2 aromatic carbocycles. The SMILES string of the molecule is COCCOC(=O)c1ccc(NC(=O)/C(C#N)=C/c2ccc(Cl)cc2)cc1. The quantitative estimate of drug-likeness (QED) is 0.340. The summed E-state index contributed by atoms with van der Waals surface area (Å²) in [6, 6.07) is 14.8. The lowest BCUT2D eigenvalue weighted by Crippen LogP contribution is -2.14. The van der Waals surface area contributed by atoms with E-state index in [1.54, 1.807) is 36.4 Å². The second-order valence-corrected chi connectivity index (χ2v) is 5.82. The van der Waals surface area contributed by atoms with E-state index >= 15 is 0 Å². The first-order valence-corrected chi connectivity index (χ1v) is 8.36. The molecule has 0 heterocycles. The predicted octanol–water partition coefficient (Wildman–Crippen LogP) is 3.69. The van der Waals surface area contributed by atoms with E-state index in [1.807, 2.05) is 6.07 Å². The Hall–Kier alpha value is -3.14. The number of carbonyl (C=O) groups excluding carboxylic acids is 2. The lowest BCUT2D eigenvalue weighted by molar-refractivity contribution is -0.112. The third-order valence-corrected chi connectivity index (χ3v) is 3.70. The average molecular weight is 385 g/mol. The van der Waals surface area contributed by atoms with E-state index in [0.29, 0.717) is 28.4 Å². The molecule has 0 bridgehead atoms. The number of methoxy groups -OCH3 is 1. The fourth-order valence-corrected chi connectivity index (χ4v) is 2.19. The van der Waals surface area contributed by atoms with E-state index in [4.69, 9.17) is 21.1 Å². The van der Waals surface area contributed by atoms with Crippen LogP contribution in [0.25, 0.3) is 6.08 Å². The number of carbonyl (C=O) groups is 2. The van der Waals surface area contributed by atoms with Gasteiger partial charge in [-0.25, -0.2) is 4.79 Å². The number of halogens is 1. The third kappa shape index (κ3) is 6.26. The van der Waals surface area contributed by atoms with Crippen molar-refractivity contribution in [3.8, 4) is 6.07 Å². The molecule has 2 aromatic rings. The van der Waals surface area contributed by atoms with Crippen molar-refractivity contribution in [1.29, 1.82) is 5.26 Å². The molecule has 6 nitrogen and oxygen atoms in total. The predicted molar refractivity (Wildman–Crippen MR) is 102 cm³/mol. The molecule has 0 saturated heterocycles. The molecule has 0 aromatic heterocycles. The maximum absolute atomic E-state index is 12.3. The lowest BCUT2D eigenvalue weighted by Gasteiger charge is -2.07. The van der Waals surface area contributed by atoms with Crippen LogP contribution in [-0.2, 0) is 14.3 Å². The second-order valence-electron chi connectivity index (χ2n) is 5.38. The van der Waals surface area contributed by atoms with Gasteiger partial charge in [0.1, 0.15) is 18.2 Å². The molecule has 0 radical (unpaired) electrons. The molecule has 0 saturated carbocycles. The number of amides is 1. The Kier molecular flexibility index (Phi) is 7.56. The first-order chi connectivity index (χ1) is 13.0. The number of nitrogens with one attached hydrogen (secondary N) is 1. The zero-order chi connectivity index (χ0) is 19.6. The van der Waals surface area contributed by atoms with Gasteiger partial charge in [-0.3, -0.25) is 4.79 Å². The Morgan fingerprint density at radius 2 is 1.78 bits per heavy atom. The summed E-state index contributed by atoms with van der Waals surface area (Å²) in [4.78, 5) is 24.1. The molecule has 0 aliphatic carbocycles. The molecule has 27 heavy (non-hydrogen) atoms. The largest absolute Gasteiger partial charge is 0.460 e. The summed E-state index contributed by atoms with van der Waals surface area (Å²) in [5, 5.41) is 12.4. The monoisotopic (exact) mass is 384 g/mol. The van der Waals surface area contributed by atoms with E-state index in [9.17, 15) is 14.9 Å². The smallest absolute Gasteiger partial charge is 0.338 e. The minimum Gasteiger partial charge on any atom is -0.460 e. The van der Waals surface area contributed by atoms with Gasteiger partial charge >= 0.3 is 5.97 Å². The maximum atomic E-state index is 12.3. The van der Waals surface area contributed by atoms with Crippen molar-refractivity contribution >= 4 is 35.2 Å². The fourth-order valence-electron chi connectivity index (χ4n) is 2.06. The van der Waals surface area contributed by atoms with Gasteiger partial charge in [0.25, 0.3) is 5.91 Å². The molecule has 138 valence electrons. The van der Waals surface area contributed by atoms with E-state index in [0.717, 1.165) is 0 Å². The zero-order valence-electron chi connectivity index (χ0n) is 14.6. The van der Waals surface area contributed by atoms with Gasteiger partial charge in [0.2, 0.25) is 0 Å². The molecule has 0 aliphatic rings. The minimum absolute atomic E-state index is 0.0552. The summed E-state index contributed by atoms with van der Waals surface area (Å²) in [5.74, 6) is -1.03. The van der Waals surface area contributed by atoms with Crippen LogP contribution in [0.1, 0.15) is 15.9 Å². The Labute approximate surface area is 162 Å². The van der Waals surface area contributed by atoms with E-state index in [2.05, 4.69) is 5.32 Å². The zero-order valence-corrected chi connectivity index (χ0v) is 15.3. The minimum atomic E-state index is -0.553. The first kappa shape index (κ1) is 20.2. The summed E-state index contributed by atoms with van der Waals surface area (Å²) in [6.07, 6.45) is 1.47. The molecule has 7 heteroatoms. The highest BCUT2D eigenvalue weighted by Crippen LogP contribution is 2.15. The molecule has 0 fully saturated rings. The Morgan fingerprint density at radius 3 is 2.37 bits per heavy atom. The van der Waals surface area contributed by atoms with Gasteiger partial charge in [-0.15, -0.1) is 0 Å². The highest BCUT2D eigenvalue weighted by Gasteiger charge is 2.11. The molecule has 0 spiro atoms. The van der Waals surface area contributed by atoms with Crippen LogP contribution >= 0.6 is 11.6 Å².